The van der Waals surface area contributed by atoms with Crippen LogP contribution in [-0.4, -0.2) is 31.1 Å². The molecule has 1 aromatic rings. The van der Waals surface area contributed by atoms with Gasteiger partial charge in [-0.1, -0.05) is 12.1 Å². The molecular formula is C16H21NO3. The van der Waals surface area contributed by atoms with Gasteiger partial charge in [0.05, 0.1) is 13.7 Å². The number of nitrogens with zero attached hydrogens (tertiary/aromatic N) is 1. The SMILES string of the molecule is C=CC1CC(=O)N(Cc2ccc(OC)c(OCC)c2)C1. The molecule has 1 atom stereocenters. The summed E-state index contributed by atoms with van der Waals surface area (Å²) in [6.45, 7) is 7.64. The van der Waals surface area contributed by atoms with Crippen LogP contribution >= 0.6 is 0 Å². The van der Waals surface area contributed by atoms with E-state index in [2.05, 4.69) is 6.58 Å². The first-order valence-corrected chi connectivity index (χ1v) is 6.88. The minimum absolute atomic E-state index is 0.184. The Morgan fingerprint density at radius 3 is 2.85 bits per heavy atom. The van der Waals surface area contributed by atoms with Crippen molar-refractivity contribution in [3.8, 4) is 11.5 Å². The van der Waals surface area contributed by atoms with E-state index in [0.717, 1.165) is 17.9 Å². The summed E-state index contributed by atoms with van der Waals surface area (Å²) in [7, 11) is 1.62. The average molecular weight is 275 g/mol. The Labute approximate surface area is 120 Å². The van der Waals surface area contributed by atoms with Crippen LogP contribution in [0.25, 0.3) is 0 Å². The van der Waals surface area contributed by atoms with Crippen LogP contribution in [0.4, 0.5) is 0 Å². The van der Waals surface area contributed by atoms with Crippen molar-refractivity contribution in [3.05, 3.63) is 36.4 Å². The molecule has 1 saturated heterocycles. The summed E-state index contributed by atoms with van der Waals surface area (Å²) < 4.78 is 10.8. The van der Waals surface area contributed by atoms with Crippen molar-refractivity contribution < 1.29 is 14.3 Å². The summed E-state index contributed by atoms with van der Waals surface area (Å²) in [5.74, 6) is 1.89. The number of ether oxygens (including phenoxy) is 2. The molecule has 1 heterocycles. The fraction of sp³-hybridized carbons (Fsp3) is 0.438. The van der Waals surface area contributed by atoms with Gasteiger partial charge in [-0.15, -0.1) is 6.58 Å². The smallest absolute Gasteiger partial charge is 0.223 e. The zero-order chi connectivity index (χ0) is 14.5. The number of benzene rings is 1. The lowest BCUT2D eigenvalue weighted by Gasteiger charge is -2.17. The predicted molar refractivity (Wildman–Crippen MR) is 77.9 cm³/mol. The second-order valence-corrected chi connectivity index (χ2v) is 4.89. The second-order valence-electron chi connectivity index (χ2n) is 4.89. The van der Waals surface area contributed by atoms with Gasteiger partial charge in [0.25, 0.3) is 0 Å². The molecule has 1 fully saturated rings. The maximum atomic E-state index is 11.9. The Bertz CT molecular complexity index is 498. The topological polar surface area (TPSA) is 38.8 Å². The van der Waals surface area contributed by atoms with Gasteiger partial charge in [-0.2, -0.15) is 0 Å². The summed E-state index contributed by atoms with van der Waals surface area (Å²) in [5, 5.41) is 0. The Morgan fingerprint density at radius 1 is 1.45 bits per heavy atom. The monoisotopic (exact) mass is 275 g/mol. The number of likely N-dealkylation sites (tertiary alicyclic amines) is 1. The van der Waals surface area contributed by atoms with Crippen molar-refractivity contribution in [2.45, 2.75) is 19.9 Å². The van der Waals surface area contributed by atoms with Crippen LogP contribution in [0.3, 0.4) is 0 Å². The molecule has 108 valence electrons. The van der Waals surface area contributed by atoms with E-state index in [0.29, 0.717) is 25.3 Å². The lowest BCUT2D eigenvalue weighted by atomic mass is 10.1. The van der Waals surface area contributed by atoms with Gasteiger partial charge in [0.1, 0.15) is 0 Å². The van der Waals surface area contributed by atoms with Crippen LogP contribution in [0.2, 0.25) is 0 Å². The molecule has 0 N–H and O–H groups in total. The number of methoxy groups -OCH3 is 1. The van der Waals surface area contributed by atoms with Gasteiger partial charge in [0.2, 0.25) is 5.91 Å². The van der Waals surface area contributed by atoms with Crippen molar-refractivity contribution in [2.75, 3.05) is 20.3 Å². The zero-order valence-electron chi connectivity index (χ0n) is 12.1. The van der Waals surface area contributed by atoms with Crippen LogP contribution in [-0.2, 0) is 11.3 Å². The first-order valence-electron chi connectivity index (χ1n) is 6.88. The van der Waals surface area contributed by atoms with Crippen molar-refractivity contribution in [1.82, 2.24) is 4.90 Å². The molecule has 0 aliphatic carbocycles. The first kappa shape index (κ1) is 14.4. The van der Waals surface area contributed by atoms with Crippen LogP contribution in [0.15, 0.2) is 30.9 Å². The fourth-order valence-electron chi connectivity index (χ4n) is 2.42. The lowest BCUT2D eigenvalue weighted by Crippen LogP contribution is -2.24. The molecule has 1 amide bonds. The maximum absolute atomic E-state index is 11.9. The van der Waals surface area contributed by atoms with Crippen molar-refractivity contribution in [1.29, 1.82) is 0 Å². The Kier molecular flexibility index (Phi) is 4.66. The third-order valence-electron chi connectivity index (χ3n) is 3.48. The molecule has 0 spiro atoms. The van der Waals surface area contributed by atoms with E-state index in [9.17, 15) is 4.79 Å². The summed E-state index contributed by atoms with van der Waals surface area (Å²) >= 11 is 0. The number of carbonyl (C=O) groups excluding carboxylic acids is 1. The standard InChI is InChI=1S/C16H21NO3/c1-4-12-9-16(18)17(10-12)11-13-6-7-14(19-3)15(8-13)20-5-2/h4,6-8,12H,1,5,9-11H2,2-3H3. The van der Waals surface area contributed by atoms with Gasteiger partial charge in [-0.05, 0) is 24.6 Å². The number of rotatable bonds is 6. The summed E-state index contributed by atoms with van der Waals surface area (Å²) in [6.07, 6.45) is 2.43. The molecule has 0 bridgehead atoms. The predicted octanol–water partition coefficient (Wildman–Crippen LogP) is 2.63. The van der Waals surface area contributed by atoms with E-state index in [1.807, 2.05) is 36.1 Å². The van der Waals surface area contributed by atoms with Gasteiger partial charge in [-0.3, -0.25) is 4.79 Å². The molecule has 1 aliphatic rings. The van der Waals surface area contributed by atoms with Gasteiger partial charge in [0, 0.05) is 25.4 Å². The Balaban J connectivity index is 2.11. The highest BCUT2D eigenvalue weighted by atomic mass is 16.5. The Hall–Kier alpha value is -1.97. The van der Waals surface area contributed by atoms with Gasteiger partial charge in [0.15, 0.2) is 11.5 Å². The molecule has 0 saturated carbocycles. The summed E-state index contributed by atoms with van der Waals surface area (Å²) in [6, 6.07) is 5.79. The maximum Gasteiger partial charge on any atom is 0.223 e. The van der Waals surface area contributed by atoms with Crippen LogP contribution in [0.5, 0.6) is 11.5 Å². The summed E-state index contributed by atoms with van der Waals surface area (Å²) in [5.41, 5.74) is 1.05. The first-order chi connectivity index (χ1) is 9.67. The van der Waals surface area contributed by atoms with E-state index in [4.69, 9.17) is 9.47 Å². The van der Waals surface area contributed by atoms with Gasteiger partial charge >= 0.3 is 0 Å². The largest absolute Gasteiger partial charge is 0.493 e. The van der Waals surface area contributed by atoms with E-state index >= 15 is 0 Å². The van der Waals surface area contributed by atoms with Crippen LogP contribution in [0.1, 0.15) is 18.9 Å². The highest BCUT2D eigenvalue weighted by Gasteiger charge is 2.27. The zero-order valence-corrected chi connectivity index (χ0v) is 12.1. The third-order valence-corrected chi connectivity index (χ3v) is 3.48. The van der Waals surface area contributed by atoms with Crippen LogP contribution in [0, 0.1) is 5.92 Å². The van der Waals surface area contributed by atoms with Crippen molar-refractivity contribution >= 4 is 5.91 Å². The normalized spacial score (nSPS) is 18.2. The van der Waals surface area contributed by atoms with Crippen molar-refractivity contribution in [3.63, 3.8) is 0 Å². The summed E-state index contributed by atoms with van der Waals surface area (Å²) in [4.78, 5) is 13.8. The lowest BCUT2D eigenvalue weighted by molar-refractivity contribution is -0.128. The quantitative estimate of drug-likeness (QED) is 0.749. The van der Waals surface area contributed by atoms with Crippen molar-refractivity contribution in [2.24, 2.45) is 5.92 Å². The number of amides is 1. The van der Waals surface area contributed by atoms with Gasteiger partial charge < -0.3 is 14.4 Å². The highest BCUT2D eigenvalue weighted by Crippen LogP contribution is 2.29. The second kappa shape index (κ2) is 6.46. The molecule has 4 nitrogen and oxygen atoms in total. The van der Waals surface area contributed by atoms with Crippen LogP contribution < -0.4 is 9.47 Å². The molecule has 0 radical (unpaired) electrons. The molecule has 4 heteroatoms. The minimum Gasteiger partial charge on any atom is -0.493 e. The van der Waals surface area contributed by atoms with E-state index in [-0.39, 0.29) is 11.8 Å². The molecular weight excluding hydrogens is 254 g/mol. The molecule has 20 heavy (non-hydrogen) atoms. The highest BCUT2D eigenvalue weighted by molar-refractivity contribution is 5.79. The minimum atomic E-state index is 0.184. The van der Waals surface area contributed by atoms with E-state index < -0.39 is 0 Å². The average Bonchev–Trinajstić information content (AvgIpc) is 2.80. The van der Waals surface area contributed by atoms with E-state index in [1.54, 1.807) is 7.11 Å². The molecule has 1 aromatic carbocycles. The van der Waals surface area contributed by atoms with Gasteiger partial charge in [-0.25, -0.2) is 0 Å². The fourth-order valence-corrected chi connectivity index (χ4v) is 2.42. The Morgan fingerprint density at radius 2 is 2.25 bits per heavy atom. The molecule has 0 aromatic heterocycles. The number of hydrogen-bond donors (Lipinski definition) is 0. The molecule has 1 aliphatic heterocycles. The number of carbonyl (C=O) groups is 1. The van der Waals surface area contributed by atoms with E-state index in [1.165, 1.54) is 0 Å². The third kappa shape index (κ3) is 3.13. The number of hydrogen-bond acceptors (Lipinski definition) is 3. The molecule has 1 unspecified atom stereocenters. The molecule has 2 rings (SSSR count).